The molecular formula is C33H48N4O4. The number of nitrogens with zero attached hydrogens (tertiary/aromatic N) is 1. The molecule has 2 unspecified atom stereocenters. The molecule has 8 nitrogen and oxygen atoms in total. The van der Waals surface area contributed by atoms with Gasteiger partial charge in [-0.05, 0) is 54.5 Å². The van der Waals surface area contributed by atoms with Crippen LogP contribution in [0.4, 0.5) is 0 Å². The van der Waals surface area contributed by atoms with E-state index in [1.54, 1.807) is 4.90 Å². The lowest BCUT2D eigenvalue weighted by Crippen LogP contribution is -2.55. The van der Waals surface area contributed by atoms with Crippen LogP contribution in [0.15, 0.2) is 42.5 Å². The molecular weight excluding hydrogens is 516 g/mol. The Kier molecular flexibility index (Phi) is 10.8. The van der Waals surface area contributed by atoms with Gasteiger partial charge in [0.2, 0.25) is 17.7 Å². The molecule has 8 heteroatoms. The Bertz CT molecular complexity index is 1190. The second kappa shape index (κ2) is 14.3. The Morgan fingerprint density at radius 3 is 2.41 bits per heavy atom. The van der Waals surface area contributed by atoms with Crippen molar-refractivity contribution in [2.45, 2.75) is 90.3 Å². The predicted octanol–water partition coefficient (Wildman–Crippen LogP) is 3.55. The van der Waals surface area contributed by atoms with Crippen LogP contribution in [-0.4, -0.2) is 72.1 Å². The van der Waals surface area contributed by atoms with E-state index in [1.807, 2.05) is 63.2 Å². The lowest BCUT2D eigenvalue weighted by molar-refractivity contribution is -0.145. The molecule has 0 spiro atoms. The van der Waals surface area contributed by atoms with Crippen molar-refractivity contribution in [1.29, 1.82) is 0 Å². The number of aliphatic hydroxyl groups excluding tert-OH is 1. The number of amides is 3. The molecule has 41 heavy (non-hydrogen) atoms. The molecule has 1 heterocycles. The third-order valence-electron chi connectivity index (χ3n) is 8.39. The molecule has 224 valence electrons. The number of hydrogen-bond donors (Lipinski definition) is 4. The summed E-state index contributed by atoms with van der Waals surface area (Å²) in [5.41, 5.74) is 0.333. The number of nitrogens with one attached hydrogen (secondary N) is 3. The van der Waals surface area contributed by atoms with Gasteiger partial charge in [-0.25, -0.2) is 0 Å². The third-order valence-corrected chi connectivity index (χ3v) is 8.39. The first-order chi connectivity index (χ1) is 19.6. The lowest BCUT2D eigenvalue weighted by Gasteiger charge is -2.31. The Labute approximate surface area is 244 Å². The van der Waals surface area contributed by atoms with Crippen LogP contribution in [0.2, 0.25) is 0 Å². The number of likely N-dealkylation sites (tertiary alicyclic amines) is 1. The quantitative estimate of drug-likeness (QED) is 0.334. The minimum Gasteiger partial charge on any atom is -0.390 e. The zero-order valence-corrected chi connectivity index (χ0v) is 25.0. The van der Waals surface area contributed by atoms with Gasteiger partial charge < -0.3 is 26.0 Å². The summed E-state index contributed by atoms with van der Waals surface area (Å²) >= 11 is 0. The van der Waals surface area contributed by atoms with Crippen molar-refractivity contribution in [3.05, 3.63) is 48.0 Å². The highest BCUT2D eigenvalue weighted by Gasteiger charge is 2.39. The fourth-order valence-electron chi connectivity index (χ4n) is 6.05. The number of aliphatic hydroxyl groups is 1. The average Bonchev–Trinajstić information content (AvgIpc) is 3.45. The van der Waals surface area contributed by atoms with Crippen LogP contribution in [0.25, 0.3) is 10.8 Å². The molecule has 2 aliphatic rings. The van der Waals surface area contributed by atoms with E-state index in [9.17, 15) is 19.5 Å². The Morgan fingerprint density at radius 2 is 1.68 bits per heavy atom. The number of benzene rings is 2. The minimum atomic E-state index is -0.835. The zero-order valence-electron chi connectivity index (χ0n) is 25.0. The lowest BCUT2D eigenvalue weighted by atomic mass is 9.89. The average molecular weight is 565 g/mol. The highest BCUT2D eigenvalue weighted by molar-refractivity contribution is 5.93. The van der Waals surface area contributed by atoms with Crippen molar-refractivity contribution in [2.75, 3.05) is 26.2 Å². The molecule has 1 saturated heterocycles. The fourth-order valence-corrected chi connectivity index (χ4v) is 6.05. The van der Waals surface area contributed by atoms with Crippen LogP contribution in [-0.2, 0) is 20.8 Å². The summed E-state index contributed by atoms with van der Waals surface area (Å²) in [6.45, 7) is 7.49. The summed E-state index contributed by atoms with van der Waals surface area (Å²) in [4.78, 5) is 41.6. The molecule has 0 radical (unpaired) electrons. The SMILES string of the molecule is CC(C)(C)C(=O)N1CCCC1C(=O)N[C@H](Cc1ccc2ccccc2c1)C(=O)NCC(O)CNCC1CCCCC1. The van der Waals surface area contributed by atoms with Crippen molar-refractivity contribution in [3.8, 4) is 0 Å². The second-order valence-electron chi connectivity index (χ2n) is 12.9. The summed E-state index contributed by atoms with van der Waals surface area (Å²) in [7, 11) is 0. The number of carbonyl (C=O) groups is 3. The first kappa shape index (κ1) is 31.0. The number of hydrogen-bond acceptors (Lipinski definition) is 5. The standard InChI is InChI=1S/C33H48N4O4/c1-33(2,3)32(41)37-17-9-14-29(37)31(40)36-28(19-24-15-16-25-12-7-8-13-26(25)18-24)30(39)35-22-27(38)21-34-20-23-10-5-4-6-11-23/h7-8,12-13,15-16,18,23,27-29,34,38H,4-6,9-11,14,17,19-22H2,1-3H3,(H,35,39)(H,36,40)/t27?,28-,29?/m1/s1. The molecule has 0 aromatic heterocycles. The van der Waals surface area contributed by atoms with E-state index in [0.29, 0.717) is 31.8 Å². The van der Waals surface area contributed by atoms with Crippen molar-refractivity contribution < 1.29 is 19.5 Å². The van der Waals surface area contributed by atoms with Gasteiger partial charge in [-0.15, -0.1) is 0 Å². The van der Waals surface area contributed by atoms with E-state index in [4.69, 9.17) is 0 Å². The first-order valence-electron chi connectivity index (χ1n) is 15.4. The number of fused-ring (bicyclic) bond motifs is 1. The summed E-state index contributed by atoms with van der Waals surface area (Å²) in [5.74, 6) is -0.0535. The minimum absolute atomic E-state index is 0.0606. The van der Waals surface area contributed by atoms with E-state index in [1.165, 1.54) is 32.1 Å². The maximum atomic E-state index is 13.5. The number of carbonyl (C=O) groups excluding carboxylic acids is 3. The van der Waals surface area contributed by atoms with Gasteiger partial charge in [0, 0.05) is 31.5 Å². The Morgan fingerprint density at radius 1 is 0.951 bits per heavy atom. The van der Waals surface area contributed by atoms with Crippen LogP contribution in [0.5, 0.6) is 0 Å². The highest BCUT2D eigenvalue weighted by atomic mass is 16.3. The normalized spacial score (nSPS) is 19.6. The monoisotopic (exact) mass is 564 g/mol. The van der Waals surface area contributed by atoms with E-state index in [0.717, 1.165) is 29.3 Å². The molecule has 2 fully saturated rings. The van der Waals surface area contributed by atoms with Gasteiger partial charge in [-0.3, -0.25) is 14.4 Å². The molecule has 2 aromatic carbocycles. The van der Waals surface area contributed by atoms with Crippen LogP contribution >= 0.6 is 0 Å². The van der Waals surface area contributed by atoms with E-state index >= 15 is 0 Å². The van der Waals surface area contributed by atoms with Crippen molar-refractivity contribution in [1.82, 2.24) is 20.9 Å². The van der Waals surface area contributed by atoms with Gasteiger partial charge in [-0.1, -0.05) is 82.5 Å². The van der Waals surface area contributed by atoms with Crippen LogP contribution in [0.1, 0.15) is 71.3 Å². The van der Waals surface area contributed by atoms with Crippen LogP contribution in [0, 0.1) is 11.3 Å². The second-order valence-corrected chi connectivity index (χ2v) is 12.9. The van der Waals surface area contributed by atoms with Gasteiger partial charge in [0.15, 0.2) is 0 Å². The number of rotatable bonds is 11. The molecule has 3 atom stereocenters. The summed E-state index contributed by atoms with van der Waals surface area (Å²) in [6.07, 6.45) is 7.23. The molecule has 1 saturated carbocycles. The fraction of sp³-hybridized carbons (Fsp3) is 0.606. The van der Waals surface area contributed by atoms with Crippen molar-refractivity contribution >= 4 is 28.5 Å². The van der Waals surface area contributed by atoms with Crippen molar-refractivity contribution in [3.63, 3.8) is 0 Å². The molecule has 1 aliphatic carbocycles. The van der Waals surface area contributed by atoms with Crippen molar-refractivity contribution in [2.24, 2.45) is 11.3 Å². The molecule has 0 bridgehead atoms. The maximum Gasteiger partial charge on any atom is 0.243 e. The summed E-state index contributed by atoms with van der Waals surface area (Å²) in [5, 5.41) is 21.9. The highest BCUT2D eigenvalue weighted by Crippen LogP contribution is 2.26. The largest absolute Gasteiger partial charge is 0.390 e. The molecule has 3 amide bonds. The summed E-state index contributed by atoms with van der Waals surface area (Å²) in [6, 6.07) is 12.6. The molecule has 4 N–H and O–H groups in total. The molecule has 2 aromatic rings. The smallest absolute Gasteiger partial charge is 0.243 e. The van der Waals surface area contributed by atoms with Gasteiger partial charge in [-0.2, -0.15) is 0 Å². The van der Waals surface area contributed by atoms with Crippen LogP contribution < -0.4 is 16.0 Å². The van der Waals surface area contributed by atoms with Crippen LogP contribution in [0.3, 0.4) is 0 Å². The predicted molar refractivity (Wildman–Crippen MR) is 162 cm³/mol. The Balaban J connectivity index is 1.40. The van der Waals surface area contributed by atoms with E-state index in [-0.39, 0.29) is 24.3 Å². The van der Waals surface area contributed by atoms with Gasteiger partial charge in [0.1, 0.15) is 12.1 Å². The maximum absolute atomic E-state index is 13.5. The van der Waals surface area contributed by atoms with Gasteiger partial charge in [0.25, 0.3) is 0 Å². The first-order valence-corrected chi connectivity index (χ1v) is 15.4. The van der Waals surface area contributed by atoms with E-state index < -0.39 is 23.6 Å². The van der Waals surface area contributed by atoms with Gasteiger partial charge in [0.05, 0.1) is 6.10 Å². The van der Waals surface area contributed by atoms with E-state index in [2.05, 4.69) is 16.0 Å². The molecule has 1 aliphatic heterocycles. The molecule has 4 rings (SSSR count). The van der Waals surface area contributed by atoms with Gasteiger partial charge >= 0.3 is 0 Å². The summed E-state index contributed by atoms with van der Waals surface area (Å²) < 4.78 is 0. The third kappa shape index (κ3) is 8.76. The Hall–Kier alpha value is -2.97. The topological polar surface area (TPSA) is 111 Å². The zero-order chi connectivity index (χ0) is 29.4.